The number of ether oxygens (including phenoxy) is 1. The molecule has 0 fully saturated rings. The van der Waals surface area contributed by atoms with Gasteiger partial charge in [0.25, 0.3) is 0 Å². The van der Waals surface area contributed by atoms with Gasteiger partial charge in [0.2, 0.25) is 0 Å². The standard InChI is InChI=1S/C24H18BrCl2NO/c25-21-12-16(14-28-19-9-10-22(26)23(27)13-19)8-11-24(21)29-15-18-6-3-5-17-4-1-2-7-20(17)18/h1-13,28H,14-15H2. The molecule has 0 spiro atoms. The second-order valence-corrected chi connectivity index (χ2v) is 8.34. The number of anilines is 1. The molecule has 4 aromatic rings. The zero-order chi connectivity index (χ0) is 20.2. The van der Waals surface area contributed by atoms with Crippen LogP contribution in [0.3, 0.4) is 0 Å². The zero-order valence-electron chi connectivity index (χ0n) is 15.5. The molecule has 0 bridgehead atoms. The van der Waals surface area contributed by atoms with Gasteiger partial charge in [-0.05, 0) is 68.2 Å². The number of rotatable bonds is 6. The second-order valence-electron chi connectivity index (χ2n) is 6.67. The van der Waals surface area contributed by atoms with Crippen LogP contribution in [0.15, 0.2) is 83.3 Å². The molecule has 29 heavy (non-hydrogen) atoms. The van der Waals surface area contributed by atoms with Crippen LogP contribution in [0.1, 0.15) is 11.1 Å². The monoisotopic (exact) mass is 485 g/mol. The maximum absolute atomic E-state index is 6.08. The van der Waals surface area contributed by atoms with Crippen LogP contribution >= 0.6 is 39.1 Å². The van der Waals surface area contributed by atoms with E-state index in [-0.39, 0.29) is 0 Å². The maximum atomic E-state index is 6.08. The number of hydrogen-bond donors (Lipinski definition) is 1. The van der Waals surface area contributed by atoms with Crippen LogP contribution in [0.25, 0.3) is 10.8 Å². The Hall–Kier alpha value is -2.20. The highest BCUT2D eigenvalue weighted by atomic mass is 79.9. The third kappa shape index (κ3) is 4.87. The van der Waals surface area contributed by atoms with E-state index in [2.05, 4.69) is 63.7 Å². The summed E-state index contributed by atoms with van der Waals surface area (Å²) in [4.78, 5) is 0. The molecule has 0 atom stereocenters. The van der Waals surface area contributed by atoms with Gasteiger partial charge >= 0.3 is 0 Å². The Labute approximate surface area is 188 Å². The van der Waals surface area contributed by atoms with Gasteiger partial charge in [-0.3, -0.25) is 0 Å². The molecule has 5 heteroatoms. The van der Waals surface area contributed by atoms with Gasteiger partial charge in [-0.1, -0.05) is 71.7 Å². The number of nitrogens with one attached hydrogen (secondary N) is 1. The van der Waals surface area contributed by atoms with Crippen LogP contribution in [0, 0.1) is 0 Å². The molecule has 0 unspecified atom stereocenters. The smallest absolute Gasteiger partial charge is 0.134 e. The van der Waals surface area contributed by atoms with Gasteiger partial charge in [0.15, 0.2) is 0 Å². The first kappa shape index (κ1) is 20.1. The molecule has 0 aliphatic rings. The fraction of sp³-hybridized carbons (Fsp3) is 0.0833. The minimum absolute atomic E-state index is 0.515. The Morgan fingerprint density at radius 1 is 0.828 bits per heavy atom. The lowest BCUT2D eigenvalue weighted by molar-refractivity contribution is 0.305. The molecular weight excluding hydrogens is 469 g/mol. The molecule has 146 valence electrons. The van der Waals surface area contributed by atoms with Crippen molar-refractivity contribution in [3.8, 4) is 5.75 Å². The average molecular weight is 487 g/mol. The third-order valence-corrected chi connectivity index (χ3v) is 6.03. The largest absolute Gasteiger partial charge is 0.488 e. The lowest BCUT2D eigenvalue weighted by Crippen LogP contribution is -2.01. The van der Waals surface area contributed by atoms with Gasteiger partial charge in [-0.2, -0.15) is 0 Å². The van der Waals surface area contributed by atoms with Crippen molar-refractivity contribution < 1.29 is 4.74 Å². The van der Waals surface area contributed by atoms with E-state index in [0.29, 0.717) is 23.2 Å². The number of hydrogen-bond acceptors (Lipinski definition) is 2. The van der Waals surface area contributed by atoms with E-state index in [1.807, 2.05) is 30.3 Å². The van der Waals surface area contributed by atoms with Gasteiger partial charge in [0, 0.05) is 12.2 Å². The molecule has 0 saturated carbocycles. The molecule has 0 aliphatic carbocycles. The molecule has 4 rings (SSSR count). The first-order valence-corrected chi connectivity index (χ1v) is 10.7. The fourth-order valence-electron chi connectivity index (χ4n) is 3.16. The van der Waals surface area contributed by atoms with Crippen molar-refractivity contribution in [3.63, 3.8) is 0 Å². The predicted molar refractivity (Wildman–Crippen MR) is 126 cm³/mol. The summed E-state index contributed by atoms with van der Waals surface area (Å²) >= 11 is 15.7. The highest BCUT2D eigenvalue weighted by Gasteiger charge is 2.06. The van der Waals surface area contributed by atoms with Crippen molar-refractivity contribution in [2.45, 2.75) is 13.2 Å². The highest BCUT2D eigenvalue weighted by Crippen LogP contribution is 2.29. The van der Waals surface area contributed by atoms with E-state index < -0.39 is 0 Å². The topological polar surface area (TPSA) is 21.3 Å². The van der Waals surface area contributed by atoms with Crippen LogP contribution in [0.4, 0.5) is 5.69 Å². The van der Waals surface area contributed by atoms with Crippen LogP contribution in [-0.2, 0) is 13.2 Å². The lowest BCUT2D eigenvalue weighted by Gasteiger charge is -2.12. The Morgan fingerprint density at radius 2 is 1.66 bits per heavy atom. The summed E-state index contributed by atoms with van der Waals surface area (Å²) in [5, 5.41) is 6.87. The molecule has 4 aromatic carbocycles. The Bertz CT molecular complexity index is 1160. The summed E-state index contributed by atoms with van der Waals surface area (Å²) in [5.41, 5.74) is 3.22. The summed E-state index contributed by atoms with van der Waals surface area (Å²) in [6.45, 7) is 1.18. The molecule has 0 heterocycles. The zero-order valence-corrected chi connectivity index (χ0v) is 18.6. The fourth-order valence-corrected chi connectivity index (χ4v) is 3.99. The summed E-state index contributed by atoms with van der Waals surface area (Å²) in [6.07, 6.45) is 0. The summed E-state index contributed by atoms with van der Waals surface area (Å²) in [7, 11) is 0. The second kappa shape index (κ2) is 9.08. The van der Waals surface area contributed by atoms with E-state index in [4.69, 9.17) is 27.9 Å². The van der Waals surface area contributed by atoms with Gasteiger partial charge in [0.05, 0.1) is 14.5 Å². The SMILES string of the molecule is Clc1ccc(NCc2ccc(OCc3cccc4ccccc34)c(Br)c2)cc1Cl. The minimum Gasteiger partial charge on any atom is -0.488 e. The van der Waals surface area contributed by atoms with Crippen molar-refractivity contribution in [3.05, 3.63) is 105 Å². The van der Waals surface area contributed by atoms with Crippen molar-refractivity contribution >= 4 is 55.6 Å². The molecule has 2 nitrogen and oxygen atoms in total. The molecule has 0 aliphatic heterocycles. The molecule has 0 amide bonds. The third-order valence-electron chi connectivity index (χ3n) is 4.68. The Morgan fingerprint density at radius 3 is 2.48 bits per heavy atom. The maximum Gasteiger partial charge on any atom is 0.134 e. The predicted octanol–water partition coefficient (Wildman–Crippen LogP) is 8.10. The van der Waals surface area contributed by atoms with Crippen LogP contribution in [0.2, 0.25) is 10.0 Å². The van der Waals surface area contributed by atoms with Gasteiger partial charge in [0.1, 0.15) is 12.4 Å². The molecule has 0 radical (unpaired) electrons. The normalized spacial score (nSPS) is 10.9. The van der Waals surface area contributed by atoms with E-state index in [1.54, 1.807) is 6.07 Å². The van der Waals surface area contributed by atoms with E-state index >= 15 is 0 Å². The quantitative estimate of drug-likeness (QED) is 0.297. The molecule has 0 saturated heterocycles. The van der Waals surface area contributed by atoms with Crippen molar-refractivity contribution in [1.82, 2.24) is 0 Å². The number of halogens is 3. The average Bonchev–Trinajstić information content (AvgIpc) is 2.74. The van der Waals surface area contributed by atoms with E-state index in [0.717, 1.165) is 21.5 Å². The lowest BCUT2D eigenvalue weighted by atomic mass is 10.1. The molecular formula is C24H18BrCl2NO. The van der Waals surface area contributed by atoms with Crippen LogP contribution < -0.4 is 10.1 Å². The van der Waals surface area contributed by atoms with Gasteiger partial charge in [-0.25, -0.2) is 0 Å². The minimum atomic E-state index is 0.515. The number of benzene rings is 4. The van der Waals surface area contributed by atoms with Crippen molar-refractivity contribution in [1.29, 1.82) is 0 Å². The first-order chi connectivity index (χ1) is 14.1. The summed E-state index contributed by atoms with van der Waals surface area (Å²) in [5.74, 6) is 0.816. The van der Waals surface area contributed by atoms with Gasteiger partial charge in [-0.15, -0.1) is 0 Å². The van der Waals surface area contributed by atoms with Crippen LogP contribution in [0.5, 0.6) is 5.75 Å². The highest BCUT2D eigenvalue weighted by molar-refractivity contribution is 9.10. The van der Waals surface area contributed by atoms with E-state index in [1.165, 1.54) is 16.3 Å². The van der Waals surface area contributed by atoms with Crippen LogP contribution in [-0.4, -0.2) is 0 Å². The summed E-state index contributed by atoms with van der Waals surface area (Å²) < 4.78 is 7.00. The molecule has 1 N–H and O–H groups in total. The van der Waals surface area contributed by atoms with Gasteiger partial charge < -0.3 is 10.1 Å². The first-order valence-electron chi connectivity index (χ1n) is 9.17. The summed E-state index contributed by atoms with van der Waals surface area (Å²) in [6, 6.07) is 26.2. The van der Waals surface area contributed by atoms with Crippen molar-refractivity contribution in [2.24, 2.45) is 0 Å². The Kier molecular flexibility index (Phi) is 6.29. The van der Waals surface area contributed by atoms with E-state index in [9.17, 15) is 0 Å². The van der Waals surface area contributed by atoms with Crippen molar-refractivity contribution in [2.75, 3.05) is 5.32 Å². The molecule has 0 aromatic heterocycles. The Balaban J connectivity index is 1.42. The number of fused-ring (bicyclic) bond motifs is 1.